The number of β-amino-alcohol motifs (C(OH)–C–C–N with tert-alkyl or cyclic N) is 2. The maximum absolute atomic E-state index is 9.78. The van der Waals surface area contributed by atoms with Crippen LogP contribution in [0.2, 0.25) is 0 Å². The summed E-state index contributed by atoms with van der Waals surface area (Å²) in [6.07, 6.45) is 13.2. The van der Waals surface area contributed by atoms with Gasteiger partial charge in [-0.05, 0) is 12.8 Å². The van der Waals surface area contributed by atoms with E-state index in [0.717, 1.165) is 0 Å². The summed E-state index contributed by atoms with van der Waals surface area (Å²) in [5, 5.41) is 19.6. The average Bonchev–Trinajstić information content (AvgIpc) is 2.80. The van der Waals surface area contributed by atoms with E-state index < -0.39 is 12.2 Å². The van der Waals surface area contributed by atoms with Gasteiger partial charge < -0.3 is 10.2 Å². The van der Waals surface area contributed by atoms with Gasteiger partial charge >= 0.3 is 0 Å². The Labute approximate surface area is 131 Å². The number of likely N-dealkylation sites (tertiary alicyclic amines) is 1. The van der Waals surface area contributed by atoms with Gasteiger partial charge in [-0.3, -0.25) is 4.90 Å². The first-order valence-electron chi connectivity index (χ1n) is 9.29. The smallest absolute Gasteiger partial charge is 0.0938 e. The van der Waals surface area contributed by atoms with Gasteiger partial charge in [0.2, 0.25) is 0 Å². The molecule has 0 aromatic rings. The van der Waals surface area contributed by atoms with Crippen molar-refractivity contribution in [3.8, 4) is 0 Å². The van der Waals surface area contributed by atoms with E-state index in [9.17, 15) is 10.2 Å². The van der Waals surface area contributed by atoms with Crippen molar-refractivity contribution in [1.82, 2.24) is 4.90 Å². The van der Waals surface area contributed by atoms with Gasteiger partial charge in [0, 0.05) is 19.1 Å². The molecule has 1 heterocycles. The fraction of sp³-hybridized carbons (Fsp3) is 1.00. The van der Waals surface area contributed by atoms with Crippen LogP contribution in [0.5, 0.6) is 0 Å². The predicted molar refractivity (Wildman–Crippen MR) is 89.5 cm³/mol. The molecule has 1 aliphatic rings. The first-order valence-corrected chi connectivity index (χ1v) is 9.29. The molecule has 0 radical (unpaired) electrons. The summed E-state index contributed by atoms with van der Waals surface area (Å²) in [7, 11) is 0. The summed E-state index contributed by atoms with van der Waals surface area (Å²) in [6.45, 7) is 5.82. The molecule has 1 fully saturated rings. The molecule has 0 bridgehead atoms. The average molecular weight is 299 g/mol. The van der Waals surface area contributed by atoms with E-state index in [1.54, 1.807) is 0 Å². The van der Waals surface area contributed by atoms with Crippen LogP contribution < -0.4 is 0 Å². The molecule has 0 aromatic heterocycles. The zero-order chi connectivity index (χ0) is 15.5. The van der Waals surface area contributed by atoms with Crippen molar-refractivity contribution in [3.05, 3.63) is 0 Å². The van der Waals surface area contributed by atoms with Crippen LogP contribution in [0.25, 0.3) is 0 Å². The third-order valence-corrected chi connectivity index (χ3v) is 4.84. The first-order chi connectivity index (χ1) is 10.2. The second-order valence-electron chi connectivity index (χ2n) is 6.79. The van der Waals surface area contributed by atoms with Gasteiger partial charge in [-0.2, -0.15) is 0 Å². The number of aliphatic hydroxyl groups is 2. The van der Waals surface area contributed by atoms with Crippen LogP contribution in [0.1, 0.15) is 84.5 Å². The summed E-state index contributed by atoms with van der Waals surface area (Å²) < 4.78 is 0. The second-order valence-corrected chi connectivity index (χ2v) is 6.79. The van der Waals surface area contributed by atoms with Gasteiger partial charge in [0.05, 0.1) is 12.2 Å². The highest BCUT2D eigenvalue weighted by atomic mass is 16.3. The van der Waals surface area contributed by atoms with E-state index in [0.29, 0.717) is 19.1 Å². The van der Waals surface area contributed by atoms with E-state index in [1.165, 1.54) is 70.6 Å². The molecule has 0 amide bonds. The minimum absolute atomic E-state index is 0.539. The lowest BCUT2D eigenvalue weighted by atomic mass is 9.99. The van der Waals surface area contributed by atoms with Gasteiger partial charge in [-0.1, -0.05) is 71.6 Å². The second kappa shape index (κ2) is 11.4. The molecule has 0 spiro atoms. The standard InChI is InChI=1S/C18H37NO2/c1-3-5-7-9-11-13-16(12-10-8-6-4-2)19-14-17(20)18(21)15-19/h16-18,20-21H,3-15H2,1-2H3. The Kier molecular flexibility index (Phi) is 10.3. The van der Waals surface area contributed by atoms with Crippen molar-refractivity contribution < 1.29 is 10.2 Å². The molecule has 2 N–H and O–H groups in total. The Bertz CT molecular complexity index is 237. The maximum Gasteiger partial charge on any atom is 0.0938 e. The molecule has 0 saturated carbocycles. The molecule has 1 aliphatic heterocycles. The van der Waals surface area contributed by atoms with Crippen molar-refractivity contribution in [2.24, 2.45) is 0 Å². The fourth-order valence-electron chi connectivity index (χ4n) is 3.40. The van der Waals surface area contributed by atoms with Gasteiger partial charge in [0.1, 0.15) is 0 Å². The SMILES string of the molecule is CCCCCCCC(CCCCCC)N1CC(O)C(O)C1. The molecule has 3 heteroatoms. The van der Waals surface area contributed by atoms with Crippen LogP contribution in [0.3, 0.4) is 0 Å². The minimum Gasteiger partial charge on any atom is -0.389 e. The van der Waals surface area contributed by atoms with Crippen LogP contribution in [-0.4, -0.2) is 46.5 Å². The van der Waals surface area contributed by atoms with E-state index >= 15 is 0 Å². The van der Waals surface area contributed by atoms with Crippen molar-refractivity contribution in [2.45, 2.75) is 103 Å². The lowest BCUT2D eigenvalue weighted by Gasteiger charge is -2.27. The fourth-order valence-corrected chi connectivity index (χ4v) is 3.40. The summed E-state index contributed by atoms with van der Waals surface area (Å²) in [6, 6.07) is 0.565. The zero-order valence-corrected chi connectivity index (χ0v) is 14.3. The summed E-state index contributed by atoms with van der Waals surface area (Å²) in [5.41, 5.74) is 0. The Hall–Kier alpha value is -0.120. The highest BCUT2D eigenvalue weighted by molar-refractivity contribution is 4.87. The van der Waals surface area contributed by atoms with E-state index in [-0.39, 0.29) is 0 Å². The van der Waals surface area contributed by atoms with Gasteiger partial charge in [0.15, 0.2) is 0 Å². The summed E-state index contributed by atoms with van der Waals surface area (Å²) >= 11 is 0. The van der Waals surface area contributed by atoms with Crippen LogP contribution in [0.4, 0.5) is 0 Å². The van der Waals surface area contributed by atoms with Crippen molar-refractivity contribution in [1.29, 1.82) is 0 Å². The molecule has 3 nitrogen and oxygen atoms in total. The summed E-state index contributed by atoms with van der Waals surface area (Å²) in [4.78, 5) is 2.33. The van der Waals surface area contributed by atoms with E-state index in [4.69, 9.17) is 0 Å². The molecule has 1 saturated heterocycles. The third kappa shape index (κ3) is 7.62. The number of aliphatic hydroxyl groups excluding tert-OH is 2. The largest absolute Gasteiger partial charge is 0.389 e. The van der Waals surface area contributed by atoms with Crippen LogP contribution in [0.15, 0.2) is 0 Å². The minimum atomic E-state index is -0.539. The number of nitrogens with zero attached hydrogens (tertiary/aromatic N) is 1. The molecule has 21 heavy (non-hydrogen) atoms. The lowest BCUT2D eigenvalue weighted by Crippen LogP contribution is -2.34. The maximum atomic E-state index is 9.78. The topological polar surface area (TPSA) is 43.7 Å². The number of unbranched alkanes of at least 4 members (excludes halogenated alkanes) is 7. The molecule has 3 unspecified atom stereocenters. The Balaban J connectivity index is 2.31. The summed E-state index contributed by atoms with van der Waals surface area (Å²) in [5.74, 6) is 0. The lowest BCUT2D eigenvalue weighted by molar-refractivity contribution is 0.0572. The van der Waals surface area contributed by atoms with Crippen LogP contribution in [0, 0.1) is 0 Å². The predicted octanol–water partition coefficient (Wildman–Crippen LogP) is 3.72. The zero-order valence-electron chi connectivity index (χ0n) is 14.3. The molecular weight excluding hydrogens is 262 g/mol. The van der Waals surface area contributed by atoms with Gasteiger partial charge in [-0.25, -0.2) is 0 Å². The van der Waals surface area contributed by atoms with Crippen molar-refractivity contribution in [3.63, 3.8) is 0 Å². The van der Waals surface area contributed by atoms with Crippen molar-refractivity contribution >= 4 is 0 Å². The van der Waals surface area contributed by atoms with Crippen molar-refractivity contribution in [2.75, 3.05) is 13.1 Å². The Morgan fingerprint density at radius 2 is 1.19 bits per heavy atom. The monoisotopic (exact) mass is 299 g/mol. The highest BCUT2D eigenvalue weighted by Crippen LogP contribution is 2.22. The Morgan fingerprint density at radius 1 is 0.762 bits per heavy atom. The van der Waals surface area contributed by atoms with E-state index in [1.807, 2.05) is 0 Å². The molecular formula is C18H37NO2. The molecule has 3 atom stereocenters. The molecule has 0 aliphatic carbocycles. The highest BCUT2D eigenvalue weighted by Gasteiger charge is 2.33. The van der Waals surface area contributed by atoms with Crippen LogP contribution >= 0.6 is 0 Å². The first kappa shape index (κ1) is 18.9. The number of rotatable bonds is 12. The Morgan fingerprint density at radius 3 is 1.67 bits per heavy atom. The third-order valence-electron chi connectivity index (χ3n) is 4.84. The van der Waals surface area contributed by atoms with E-state index in [2.05, 4.69) is 18.7 Å². The van der Waals surface area contributed by atoms with Crippen LogP contribution in [-0.2, 0) is 0 Å². The number of hydrogen-bond acceptors (Lipinski definition) is 3. The molecule has 126 valence electrons. The number of hydrogen-bond donors (Lipinski definition) is 2. The van der Waals surface area contributed by atoms with Gasteiger partial charge in [0.25, 0.3) is 0 Å². The van der Waals surface area contributed by atoms with Gasteiger partial charge in [-0.15, -0.1) is 0 Å². The normalized spacial score (nSPS) is 24.6. The molecule has 0 aromatic carbocycles. The quantitative estimate of drug-likeness (QED) is 0.540. The molecule has 1 rings (SSSR count).